The van der Waals surface area contributed by atoms with Gasteiger partial charge in [-0.15, -0.1) is 0 Å². The lowest BCUT2D eigenvalue weighted by molar-refractivity contribution is -0.141. The molecular weight excluding hydrogens is 308 g/mol. The highest BCUT2D eigenvalue weighted by Crippen LogP contribution is 2.34. The van der Waals surface area contributed by atoms with Crippen molar-refractivity contribution in [3.63, 3.8) is 0 Å². The van der Waals surface area contributed by atoms with Crippen molar-refractivity contribution in [3.8, 4) is 0 Å². The van der Waals surface area contributed by atoms with E-state index < -0.39 is 11.9 Å². The summed E-state index contributed by atoms with van der Waals surface area (Å²) in [6.45, 7) is 0.772. The smallest absolute Gasteiger partial charge is 0.309 e. The normalized spacial score (nSPS) is 21.0. The molecule has 114 valence electrons. The first-order valence-electron chi connectivity index (χ1n) is 6.69. The highest BCUT2D eigenvalue weighted by Gasteiger charge is 2.39. The molecule has 0 aliphatic carbocycles. The van der Waals surface area contributed by atoms with E-state index in [2.05, 4.69) is 15.2 Å². The average Bonchev–Trinajstić information content (AvgIpc) is 2.94. The Bertz CT molecular complexity index is 726. The second kappa shape index (κ2) is 5.76. The van der Waals surface area contributed by atoms with Crippen molar-refractivity contribution in [1.29, 1.82) is 0 Å². The first-order chi connectivity index (χ1) is 10.5. The third-order valence-electron chi connectivity index (χ3n) is 3.76. The van der Waals surface area contributed by atoms with Gasteiger partial charge in [-0.05, 0) is 18.2 Å². The van der Waals surface area contributed by atoms with Crippen LogP contribution in [-0.2, 0) is 4.79 Å². The predicted molar refractivity (Wildman–Crippen MR) is 80.2 cm³/mol. The fraction of sp³-hybridized carbons (Fsp3) is 0.286. The second-order valence-electron chi connectivity index (χ2n) is 5.14. The Hall–Kier alpha value is -2.41. The number of pyridine rings is 1. The molecule has 2 aromatic rings. The van der Waals surface area contributed by atoms with Crippen LogP contribution < -0.4 is 10.5 Å². The van der Waals surface area contributed by atoms with E-state index in [1.54, 1.807) is 18.2 Å². The molecule has 0 amide bonds. The third kappa shape index (κ3) is 2.80. The van der Waals surface area contributed by atoms with Gasteiger partial charge in [0, 0.05) is 37.0 Å². The summed E-state index contributed by atoms with van der Waals surface area (Å²) in [6, 6.07) is 6.39. The summed E-state index contributed by atoms with van der Waals surface area (Å²) in [6.07, 6.45) is 1.51. The van der Waals surface area contributed by atoms with Crippen molar-refractivity contribution in [3.05, 3.63) is 51.5 Å². The lowest BCUT2D eigenvalue weighted by atomic mass is 9.93. The SMILES string of the molecule is O=C(O)[C@@H]1CN(c2ccc(=O)[nH]n2)C[C@H]1c1ccc(Cl)cn1. The highest BCUT2D eigenvalue weighted by atomic mass is 35.5. The number of carboxylic acids is 1. The van der Waals surface area contributed by atoms with Crippen LogP contribution in [0.4, 0.5) is 5.82 Å². The standard InChI is InChI=1S/C14H13ClN4O3/c15-8-1-2-11(16-5-8)9-6-19(7-10(9)14(21)22)12-3-4-13(20)18-17-12/h1-5,9-10H,6-7H2,(H,18,20)(H,21,22)/t9-,10-/m1/s1. The van der Waals surface area contributed by atoms with Crippen molar-refractivity contribution in [2.45, 2.75) is 5.92 Å². The zero-order valence-electron chi connectivity index (χ0n) is 11.4. The molecular formula is C14H13ClN4O3. The molecule has 1 saturated heterocycles. The van der Waals surface area contributed by atoms with Crippen LogP contribution in [0, 0.1) is 5.92 Å². The zero-order chi connectivity index (χ0) is 15.7. The molecule has 1 aliphatic rings. The number of aromatic nitrogens is 3. The molecule has 0 spiro atoms. The van der Waals surface area contributed by atoms with Crippen LogP contribution in [0.3, 0.4) is 0 Å². The summed E-state index contributed by atoms with van der Waals surface area (Å²) in [4.78, 5) is 28.7. The number of rotatable bonds is 3. The van der Waals surface area contributed by atoms with E-state index in [0.29, 0.717) is 29.6 Å². The second-order valence-corrected chi connectivity index (χ2v) is 5.57. The molecule has 22 heavy (non-hydrogen) atoms. The van der Waals surface area contributed by atoms with Crippen molar-refractivity contribution >= 4 is 23.4 Å². The molecule has 1 fully saturated rings. The molecule has 0 aromatic carbocycles. The summed E-state index contributed by atoms with van der Waals surface area (Å²) in [5.74, 6) is -1.19. The molecule has 0 bridgehead atoms. The maximum Gasteiger partial charge on any atom is 0.309 e. The molecule has 1 aliphatic heterocycles. The maximum absolute atomic E-state index is 11.5. The van der Waals surface area contributed by atoms with E-state index in [0.717, 1.165) is 0 Å². The molecule has 2 atom stereocenters. The van der Waals surface area contributed by atoms with Gasteiger partial charge in [-0.1, -0.05) is 11.6 Å². The van der Waals surface area contributed by atoms with Crippen LogP contribution in [0.2, 0.25) is 5.02 Å². The number of H-pyrrole nitrogens is 1. The van der Waals surface area contributed by atoms with Gasteiger partial charge in [0.1, 0.15) is 5.82 Å². The summed E-state index contributed by atoms with van der Waals surface area (Å²) in [5.41, 5.74) is 0.386. The van der Waals surface area contributed by atoms with Crippen LogP contribution in [0.1, 0.15) is 11.6 Å². The van der Waals surface area contributed by atoms with Crippen molar-refractivity contribution in [1.82, 2.24) is 15.2 Å². The van der Waals surface area contributed by atoms with Crippen LogP contribution in [0.5, 0.6) is 0 Å². The number of halogens is 1. The minimum absolute atomic E-state index is 0.261. The molecule has 0 unspecified atom stereocenters. The van der Waals surface area contributed by atoms with E-state index in [4.69, 9.17) is 11.6 Å². The van der Waals surface area contributed by atoms with Gasteiger partial charge in [0.25, 0.3) is 5.56 Å². The Morgan fingerprint density at radius 1 is 1.32 bits per heavy atom. The van der Waals surface area contributed by atoms with E-state index in [-0.39, 0.29) is 11.5 Å². The fourth-order valence-electron chi connectivity index (χ4n) is 2.66. The van der Waals surface area contributed by atoms with Gasteiger partial charge in [-0.2, -0.15) is 5.10 Å². The van der Waals surface area contributed by atoms with Gasteiger partial charge < -0.3 is 10.0 Å². The summed E-state index contributed by atoms with van der Waals surface area (Å²) in [7, 11) is 0. The van der Waals surface area contributed by atoms with Crippen LogP contribution in [0.25, 0.3) is 0 Å². The fourth-order valence-corrected chi connectivity index (χ4v) is 2.77. The number of anilines is 1. The number of hydrogen-bond donors (Lipinski definition) is 2. The number of carboxylic acid groups (broad SMARTS) is 1. The third-order valence-corrected chi connectivity index (χ3v) is 3.98. The molecule has 0 saturated carbocycles. The number of aromatic amines is 1. The molecule has 3 heterocycles. The Morgan fingerprint density at radius 2 is 2.14 bits per heavy atom. The van der Waals surface area contributed by atoms with Gasteiger partial charge in [0.2, 0.25) is 0 Å². The van der Waals surface area contributed by atoms with Gasteiger partial charge in [0.15, 0.2) is 0 Å². The van der Waals surface area contributed by atoms with E-state index in [1.807, 2.05) is 4.90 Å². The number of carbonyl (C=O) groups is 1. The molecule has 7 nitrogen and oxygen atoms in total. The Labute approximate surface area is 130 Å². The Balaban J connectivity index is 1.89. The van der Waals surface area contributed by atoms with E-state index in [1.165, 1.54) is 12.3 Å². The molecule has 2 aromatic heterocycles. The van der Waals surface area contributed by atoms with E-state index in [9.17, 15) is 14.7 Å². The number of aliphatic carboxylic acids is 1. The number of nitrogens with zero attached hydrogens (tertiary/aromatic N) is 3. The first-order valence-corrected chi connectivity index (χ1v) is 7.07. The van der Waals surface area contributed by atoms with Crippen LogP contribution in [0.15, 0.2) is 35.3 Å². The monoisotopic (exact) mass is 320 g/mol. The average molecular weight is 321 g/mol. The van der Waals surface area contributed by atoms with Crippen LogP contribution in [-0.4, -0.2) is 39.3 Å². The minimum atomic E-state index is -0.881. The molecule has 8 heteroatoms. The molecule has 3 rings (SSSR count). The summed E-state index contributed by atoms with van der Waals surface area (Å²) < 4.78 is 0. The summed E-state index contributed by atoms with van der Waals surface area (Å²) >= 11 is 5.82. The van der Waals surface area contributed by atoms with Gasteiger partial charge >= 0.3 is 5.97 Å². The van der Waals surface area contributed by atoms with Gasteiger partial charge in [0.05, 0.1) is 10.9 Å². The Morgan fingerprint density at radius 3 is 2.73 bits per heavy atom. The quantitative estimate of drug-likeness (QED) is 0.879. The van der Waals surface area contributed by atoms with Gasteiger partial charge in [-0.25, -0.2) is 5.10 Å². The Kier molecular flexibility index (Phi) is 3.81. The van der Waals surface area contributed by atoms with Gasteiger partial charge in [-0.3, -0.25) is 14.6 Å². The first kappa shape index (κ1) is 14.5. The van der Waals surface area contributed by atoms with Crippen molar-refractivity contribution < 1.29 is 9.90 Å². The predicted octanol–water partition coefficient (Wildman–Crippen LogP) is 1.12. The topological polar surface area (TPSA) is 99.2 Å². The summed E-state index contributed by atoms with van der Waals surface area (Å²) in [5, 5.41) is 16.3. The molecule has 2 N–H and O–H groups in total. The maximum atomic E-state index is 11.5. The molecule has 0 radical (unpaired) electrons. The largest absolute Gasteiger partial charge is 0.481 e. The van der Waals surface area contributed by atoms with Crippen molar-refractivity contribution in [2.24, 2.45) is 5.92 Å². The zero-order valence-corrected chi connectivity index (χ0v) is 12.2. The highest BCUT2D eigenvalue weighted by molar-refractivity contribution is 6.30. The van der Waals surface area contributed by atoms with Crippen LogP contribution >= 0.6 is 11.6 Å². The van der Waals surface area contributed by atoms with Crippen molar-refractivity contribution in [2.75, 3.05) is 18.0 Å². The number of nitrogens with one attached hydrogen (secondary N) is 1. The lowest BCUT2D eigenvalue weighted by Crippen LogP contribution is -2.24. The van der Waals surface area contributed by atoms with E-state index >= 15 is 0 Å². The minimum Gasteiger partial charge on any atom is -0.481 e. The lowest BCUT2D eigenvalue weighted by Gasteiger charge is -2.16. The number of hydrogen-bond acceptors (Lipinski definition) is 5.